The number of piperidine rings is 1. The Morgan fingerprint density at radius 3 is 2.71 bits per heavy atom. The Balaban J connectivity index is 1.39. The minimum atomic E-state index is 0.0487. The first-order valence-electron chi connectivity index (χ1n) is 10.7. The molecule has 5 rings (SSSR count). The largest absolute Gasteiger partial charge is 0.368 e. The normalized spacial score (nSPS) is 19.3. The standard InChI is InChI=1S/C24H24ClN5O/c25-17-5-6-22(28-14-17)29-15-18-13-24(7-8-24)9-12-30(18)23(31)20-4-2-1-3-19(20)21-16-26-10-11-27-21/h1-6,10-11,14,16,18H,7-9,12-13,15H2,(H,28,29). The summed E-state index contributed by atoms with van der Waals surface area (Å²) >= 11 is 5.95. The van der Waals surface area contributed by atoms with Crippen LogP contribution < -0.4 is 5.32 Å². The molecule has 1 aromatic carbocycles. The Bertz CT molecular complexity index is 1070. The molecule has 6 nitrogen and oxygen atoms in total. The molecule has 2 aliphatic rings. The molecule has 0 radical (unpaired) electrons. The quantitative estimate of drug-likeness (QED) is 0.632. The molecular weight excluding hydrogens is 410 g/mol. The van der Waals surface area contributed by atoms with E-state index in [0.29, 0.717) is 28.2 Å². The number of nitrogens with zero attached hydrogens (tertiary/aromatic N) is 4. The monoisotopic (exact) mass is 433 g/mol. The third-order valence-corrected chi connectivity index (χ3v) is 6.68. The number of carbonyl (C=O) groups is 1. The van der Waals surface area contributed by atoms with Gasteiger partial charge in [0.05, 0.1) is 16.9 Å². The van der Waals surface area contributed by atoms with Gasteiger partial charge in [-0.2, -0.15) is 0 Å². The molecule has 1 amide bonds. The minimum absolute atomic E-state index is 0.0487. The Hall–Kier alpha value is -2.99. The molecule has 1 spiro atoms. The van der Waals surface area contributed by atoms with Crippen LogP contribution in [0.5, 0.6) is 0 Å². The van der Waals surface area contributed by atoms with E-state index in [9.17, 15) is 4.79 Å². The van der Waals surface area contributed by atoms with Crippen molar-refractivity contribution in [2.75, 3.05) is 18.4 Å². The summed E-state index contributed by atoms with van der Waals surface area (Å²) in [7, 11) is 0. The first-order valence-corrected chi connectivity index (χ1v) is 11.0. The fourth-order valence-corrected chi connectivity index (χ4v) is 4.63. The number of pyridine rings is 1. The lowest BCUT2D eigenvalue weighted by Gasteiger charge is -2.40. The van der Waals surface area contributed by atoms with E-state index in [1.165, 1.54) is 12.8 Å². The second-order valence-corrected chi connectivity index (χ2v) is 8.92. The number of anilines is 1. The summed E-state index contributed by atoms with van der Waals surface area (Å²) in [6.07, 6.45) is 11.2. The fourth-order valence-electron chi connectivity index (χ4n) is 4.52. The van der Waals surface area contributed by atoms with E-state index in [0.717, 1.165) is 30.8 Å². The van der Waals surface area contributed by atoms with E-state index in [4.69, 9.17) is 11.6 Å². The van der Waals surface area contributed by atoms with E-state index < -0.39 is 0 Å². The molecule has 1 N–H and O–H groups in total. The zero-order chi connectivity index (χ0) is 21.3. The molecule has 1 saturated carbocycles. The molecule has 1 unspecified atom stereocenters. The topological polar surface area (TPSA) is 71.0 Å². The van der Waals surface area contributed by atoms with Crippen molar-refractivity contribution in [2.24, 2.45) is 5.41 Å². The first kappa shape index (κ1) is 19.9. The van der Waals surface area contributed by atoms with Crippen LogP contribution in [0.4, 0.5) is 5.82 Å². The number of nitrogens with one attached hydrogen (secondary N) is 1. The molecule has 1 aliphatic heterocycles. The van der Waals surface area contributed by atoms with Crippen LogP contribution in [-0.4, -0.2) is 44.9 Å². The number of likely N-dealkylation sites (tertiary alicyclic amines) is 1. The minimum Gasteiger partial charge on any atom is -0.368 e. The zero-order valence-electron chi connectivity index (χ0n) is 17.2. The highest BCUT2D eigenvalue weighted by Crippen LogP contribution is 2.55. The van der Waals surface area contributed by atoms with E-state index >= 15 is 0 Å². The number of amides is 1. The molecule has 3 aromatic rings. The molecule has 7 heteroatoms. The average Bonchev–Trinajstić information content (AvgIpc) is 3.57. The number of aromatic nitrogens is 3. The van der Waals surface area contributed by atoms with Gasteiger partial charge in [-0.3, -0.25) is 14.8 Å². The molecule has 2 aromatic heterocycles. The molecular formula is C24H24ClN5O. The van der Waals surface area contributed by atoms with Gasteiger partial charge >= 0.3 is 0 Å². The fraction of sp³-hybridized carbons (Fsp3) is 0.333. The maximum absolute atomic E-state index is 13.7. The van der Waals surface area contributed by atoms with Crippen molar-refractivity contribution in [3.63, 3.8) is 0 Å². The van der Waals surface area contributed by atoms with Crippen molar-refractivity contribution >= 4 is 23.3 Å². The van der Waals surface area contributed by atoms with Gasteiger partial charge in [0.1, 0.15) is 5.82 Å². The smallest absolute Gasteiger partial charge is 0.254 e. The van der Waals surface area contributed by atoms with Crippen LogP contribution in [0.3, 0.4) is 0 Å². The summed E-state index contributed by atoms with van der Waals surface area (Å²) in [5.74, 6) is 0.819. The lowest BCUT2D eigenvalue weighted by Crippen LogP contribution is -2.50. The van der Waals surface area contributed by atoms with Crippen LogP contribution in [-0.2, 0) is 0 Å². The van der Waals surface area contributed by atoms with Crippen LogP contribution >= 0.6 is 11.6 Å². The Morgan fingerprint density at radius 1 is 1.10 bits per heavy atom. The number of rotatable bonds is 5. The lowest BCUT2D eigenvalue weighted by molar-refractivity contribution is 0.0546. The number of carbonyl (C=O) groups excluding carboxylic acids is 1. The van der Waals surface area contributed by atoms with Crippen molar-refractivity contribution in [3.05, 3.63) is 71.8 Å². The van der Waals surface area contributed by atoms with Gasteiger partial charge < -0.3 is 10.2 Å². The third kappa shape index (κ3) is 4.26. The maximum Gasteiger partial charge on any atom is 0.254 e. The SMILES string of the molecule is O=C(c1ccccc1-c1cnccn1)N1CCC2(CC2)CC1CNc1ccc(Cl)cn1. The van der Waals surface area contributed by atoms with Gasteiger partial charge in [0.15, 0.2) is 0 Å². The molecule has 1 aliphatic carbocycles. The molecule has 0 bridgehead atoms. The van der Waals surface area contributed by atoms with Gasteiger partial charge in [0.25, 0.3) is 5.91 Å². The van der Waals surface area contributed by atoms with E-state index in [1.807, 2.05) is 41.3 Å². The summed E-state index contributed by atoms with van der Waals surface area (Å²) in [4.78, 5) is 28.7. The van der Waals surface area contributed by atoms with Crippen LogP contribution in [0, 0.1) is 5.41 Å². The molecule has 2 fully saturated rings. The number of benzene rings is 1. The van der Waals surface area contributed by atoms with Crippen molar-refractivity contribution in [3.8, 4) is 11.3 Å². The van der Waals surface area contributed by atoms with Gasteiger partial charge in [0, 0.05) is 48.8 Å². The summed E-state index contributed by atoms with van der Waals surface area (Å²) in [6, 6.07) is 11.5. The van der Waals surface area contributed by atoms with Gasteiger partial charge in [-0.15, -0.1) is 0 Å². The van der Waals surface area contributed by atoms with Crippen LogP contribution in [0.15, 0.2) is 61.2 Å². The predicted octanol–water partition coefficient (Wildman–Crippen LogP) is 4.69. The summed E-state index contributed by atoms with van der Waals surface area (Å²) in [5.41, 5.74) is 2.62. The summed E-state index contributed by atoms with van der Waals surface area (Å²) < 4.78 is 0. The summed E-state index contributed by atoms with van der Waals surface area (Å²) in [6.45, 7) is 1.43. The number of halogens is 1. The van der Waals surface area contributed by atoms with Gasteiger partial charge in [-0.1, -0.05) is 29.8 Å². The molecule has 31 heavy (non-hydrogen) atoms. The predicted molar refractivity (Wildman–Crippen MR) is 121 cm³/mol. The van der Waals surface area contributed by atoms with Gasteiger partial charge in [-0.05, 0) is 49.3 Å². The molecule has 1 saturated heterocycles. The van der Waals surface area contributed by atoms with Gasteiger partial charge in [-0.25, -0.2) is 4.98 Å². The van der Waals surface area contributed by atoms with E-state index in [2.05, 4.69) is 20.3 Å². The molecule has 158 valence electrons. The second-order valence-electron chi connectivity index (χ2n) is 8.49. The highest BCUT2D eigenvalue weighted by atomic mass is 35.5. The van der Waals surface area contributed by atoms with Gasteiger partial charge in [0.2, 0.25) is 0 Å². The molecule has 3 heterocycles. The van der Waals surface area contributed by atoms with Crippen LogP contribution in [0.2, 0.25) is 5.02 Å². The van der Waals surface area contributed by atoms with Crippen molar-refractivity contribution < 1.29 is 4.79 Å². The lowest BCUT2D eigenvalue weighted by atomic mass is 9.87. The summed E-state index contributed by atoms with van der Waals surface area (Å²) in [5, 5.41) is 4.01. The second kappa shape index (κ2) is 8.27. The van der Waals surface area contributed by atoms with Crippen LogP contribution in [0.25, 0.3) is 11.3 Å². The zero-order valence-corrected chi connectivity index (χ0v) is 17.9. The van der Waals surface area contributed by atoms with Crippen molar-refractivity contribution in [2.45, 2.75) is 31.7 Å². The van der Waals surface area contributed by atoms with E-state index in [-0.39, 0.29) is 11.9 Å². The van der Waals surface area contributed by atoms with Crippen molar-refractivity contribution in [1.82, 2.24) is 19.9 Å². The maximum atomic E-state index is 13.7. The third-order valence-electron chi connectivity index (χ3n) is 6.45. The highest BCUT2D eigenvalue weighted by molar-refractivity contribution is 6.30. The van der Waals surface area contributed by atoms with E-state index in [1.54, 1.807) is 24.8 Å². The van der Waals surface area contributed by atoms with Crippen molar-refractivity contribution in [1.29, 1.82) is 0 Å². The first-order chi connectivity index (χ1) is 15.1. The van der Waals surface area contributed by atoms with Crippen LogP contribution in [0.1, 0.15) is 36.0 Å². The Morgan fingerprint density at radius 2 is 1.97 bits per heavy atom. The Labute approximate surface area is 186 Å². The number of hydrogen-bond acceptors (Lipinski definition) is 5. The molecule has 1 atom stereocenters. The Kier molecular flexibility index (Phi) is 5.32. The average molecular weight is 434 g/mol. The highest BCUT2D eigenvalue weighted by Gasteiger charge is 2.49. The number of hydrogen-bond donors (Lipinski definition) is 1.